The van der Waals surface area contributed by atoms with Crippen molar-refractivity contribution in [1.29, 1.82) is 0 Å². The lowest BCUT2D eigenvalue weighted by Gasteiger charge is -2.09. The van der Waals surface area contributed by atoms with Gasteiger partial charge in [-0.1, -0.05) is 34.1 Å². The molecule has 0 aliphatic rings. The van der Waals surface area contributed by atoms with Crippen LogP contribution in [0, 0.1) is 13.8 Å². The van der Waals surface area contributed by atoms with Gasteiger partial charge >= 0.3 is 0 Å². The molecule has 1 heterocycles. The molecule has 0 unspecified atom stereocenters. The summed E-state index contributed by atoms with van der Waals surface area (Å²) in [5, 5.41) is 2.83. The number of carbonyl (C=O) groups excluding carboxylic acids is 1. The van der Waals surface area contributed by atoms with Crippen molar-refractivity contribution in [3.63, 3.8) is 0 Å². The summed E-state index contributed by atoms with van der Waals surface area (Å²) < 4.78 is 12.5. The standard InChI is InChI=1S/C23H19BrN2O3/c1-14-5-3-4-6-20(14)28-13-21(27)25-18-9-7-16(8-10-18)23-26-19-12-17(24)11-15(2)22(19)29-23/h3-12H,13H2,1-2H3,(H,25,27). The van der Waals surface area contributed by atoms with Crippen molar-refractivity contribution >= 4 is 38.6 Å². The van der Waals surface area contributed by atoms with Gasteiger partial charge in [0.2, 0.25) is 5.89 Å². The van der Waals surface area contributed by atoms with Gasteiger partial charge in [0, 0.05) is 15.7 Å². The molecular formula is C23H19BrN2O3. The summed E-state index contributed by atoms with van der Waals surface area (Å²) in [6, 6.07) is 18.9. The highest BCUT2D eigenvalue weighted by molar-refractivity contribution is 9.10. The van der Waals surface area contributed by atoms with Crippen LogP contribution in [0.15, 0.2) is 69.6 Å². The van der Waals surface area contributed by atoms with E-state index in [2.05, 4.69) is 26.2 Å². The van der Waals surface area contributed by atoms with Gasteiger partial charge < -0.3 is 14.5 Å². The Kier molecular flexibility index (Phi) is 5.36. The number of rotatable bonds is 5. The molecule has 5 nitrogen and oxygen atoms in total. The van der Waals surface area contributed by atoms with Crippen molar-refractivity contribution in [3.05, 3.63) is 76.3 Å². The fourth-order valence-corrected chi connectivity index (χ4v) is 3.60. The minimum Gasteiger partial charge on any atom is -0.483 e. The fraction of sp³-hybridized carbons (Fsp3) is 0.130. The van der Waals surface area contributed by atoms with E-state index in [-0.39, 0.29) is 12.5 Å². The first-order valence-electron chi connectivity index (χ1n) is 9.15. The third kappa shape index (κ3) is 4.32. The number of nitrogens with one attached hydrogen (secondary N) is 1. The molecule has 1 N–H and O–H groups in total. The Morgan fingerprint density at radius 1 is 1.07 bits per heavy atom. The zero-order valence-electron chi connectivity index (χ0n) is 16.0. The van der Waals surface area contributed by atoms with E-state index in [1.807, 2.05) is 74.5 Å². The number of hydrogen-bond donors (Lipinski definition) is 1. The number of nitrogens with zero attached hydrogens (tertiary/aromatic N) is 1. The fourth-order valence-electron chi connectivity index (χ4n) is 3.04. The third-order valence-electron chi connectivity index (χ3n) is 4.51. The van der Waals surface area contributed by atoms with Gasteiger partial charge in [-0.2, -0.15) is 0 Å². The first-order chi connectivity index (χ1) is 14.0. The molecule has 0 atom stereocenters. The number of amides is 1. The second kappa shape index (κ2) is 8.09. The highest BCUT2D eigenvalue weighted by atomic mass is 79.9. The summed E-state index contributed by atoms with van der Waals surface area (Å²) in [6.45, 7) is 3.88. The minimum atomic E-state index is -0.219. The largest absolute Gasteiger partial charge is 0.483 e. The second-order valence-electron chi connectivity index (χ2n) is 6.77. The zero-order chi connectivity index (χ0) is 20.4. The molecule has 0 radical (unpaired) electrons. The minimum absolute atomic E-state index is 0.0497. The number of hydrogen-bond acceptors (Lipinski definition) is 4. The molecule has 0 spiro atoms. The van der Waals surface area contributed by atoms with Gasteiger partial charge in [0.1, 0.15) is 11.3 Å². The number of para-hydroxylation sites is 1. The molecule has 0 saturated heterocycles. The van der Waals surface area contributed by atoms with Crippen molar-refractivity contribution < 1.29 is 13.9 Å². The lowest BCUT2D eigenvalue weighted by molar-refractivity contribution is -0.118. The molecule has 146 valence electrons. The quantitative estimate of drug-likeness (QED) is 0.411. The number of oxazole rings is 1. The lowest BCUT2D eigenvalue weighted by Crippen LogP contribution is -2.20. The maximum atomic E-state index is 12.2. The van der Waals surface area contributed by atoms with Crippen LogP contribution in [0.25, 0.3) is 22.6 Å². The monoisotopic (exact) mass is 450 g/mol. The number of carbonyl (C=O) groups is 1. The van der Waals surface area contributed by atoms with E-state index >= 15 is 0 Å². The summed E-state index contributed by atoms with van der Waals surface area (Å²) >= 11 is 3.48. The van der Waals surface area contributed by atoms with Crippen molar-refractivity contribution in [3.8, 4) is 17.2 Å². The molecule has 0 bridgehead atoms. The van der Waals surface area contributed by atoms with Gasteiger partial charge in [-0.05, 0) is 67.4 Å². The van der Waals surface area contributed by atoms with E-state index in [0.717, 1.165) is 32.3 Å². The van der Waals surface area contributed by atoms with E-state index in [1.54, 1.807) is 0 Å². The van der Waals surface area contributed by atoms with Crippen molar-refractivity contribution in [2.24, 2.45) is 0 Å². The van der Waals surface area contributed by atoms with Crippen LogP contribution in [0.4, 0.5) is 5.69 Å². The van der Waals surface area contributed by atoms with Crippen molar-refractivity contribution in [2.75, 3.05) is 11.9 Å². The SMILES string of the molecule is Cc1ccccc1OCC(=O)Nc1ccc(-c2nc3cc(Br)cc(C)c3o2)cc1. The molecule has 0 saturated carbocycles. The van der Waals surface area contributed by atoms with Crippen LogP contribution in [-0.2, 0) is 4.79 Å². The summed E-state index contributed by atoms with van der Waals surface area (Å²) in [7, 11) is 0. The Labute approximate surface area is 176 Å². The Morgan fingerprint density at radius 3 is 2.59 bits per heavy atom. The molecule has 4 aromatic rings. The number of ether oxygens (including phenoxy) is 1. The van der Waals surface area contributed by atoms with Gasteiger partial charge in [0.15, 0.2) is 12.2 Å². The summed E-state index contributed by atoms with van der Waals surface area (Å²) in [5.41, 5.74) is 5.11. The van der Waals surface area contributed by atoms with Crippen molar-refractivity contribution in [2.45, 2.75) is 13.8 Å². The highest BCUT2D eigenvalue weighted by Gasteiger charge is 2.12. The number of benzene rings is 3. The average Bonchev–Trinajstić information content (AvgIpc) is 3.12. The third-order valence-corrected chi connectivity index (χ3v) is 4.97. The van der Waals surface area contributed by atoms with E-state index in [9.17, 15) is 4.79 Å². The van der Waals surface area contributed by atoms with Gasteiger partial charge in [-0.3, -0.25) is 4.79 Å². The second-order valence-corrected chi connectivity index (χ2v) is 7.69. The van der Waals surface area contributed by atoms with Gasteiger partial charge in [-0.25, -0.2) is 4.98 Å². The Hall–Kier alpha value is -3.12. The van der Waals surface area contributed by atoms with Gasteiger partial charge in [0.05, 0.1) is 0 Å². The predicted molar refractivity (Wildman–Crippen MR) is 117 cm³/mol. The van der Waals surface area contributed by atoms with Crippen LogP contribution >= 0.6 is 15.9 Å². The normalized spacial score (nSPS) is 10.9. The maximum absolute atomic E-state index is 12.2. The predicted octanol–water partition coefficient (Wildman–Crippen LogP) is 5.89. The molecule has 0 aliphatic heterocycles. The van der Waals surface area contributed by atoms with Crippen LogP contribution in [0.2, 0.25) is 0 Å². The Morgan fingerprint density at radius 2 is 1.83 bits per heavy atom. The molecule has 0 fully saturated rings. The average molecular weight is 451 g/mol. The maximum Gasteiger partial charge on any atom is 0.262 e. The highest BCUT2D eigenvalue weighted by Crippen LogP contribution is 2.29. The zero-order valence-corrected chi connectivity index (χ0v) is 17.6. The topological polar surface area (TPSA) is 64.4 Å². The van der Waals surface area contributed by atoms with Crippen LogP contribution in [0.3, 0.4) is 0 Å². The molecule has 1 amide bonds. The van der Waals surface area contributed by atoms with Gasteiger partial charge in [0.25, 0.3) is 5.91 Å². The first-order valence-corrected chi connectivity index (χ1v) is 9.94. The Balaban J connectivity index is 1.43. The number of halogens is 1. The Bertz CT molecular complexity index is 1180. The summed E-state index contributed by atoms with van der Waals surface area (Å²) in [6.07, 6.45) is 0. The number of aromatic nitrogens is 1. The summed E-state index contributed by atoms with van der Waals surface area (Å²) in [5.74, 6) is 1.03. The smallest absolute Gasteiger partial charge is 0.262 e. The van der Waals surface area contributed by atoms with Crippen LogP contribution in [0.1, 0.15) is 11.1 Å². The molecule has 6 heteroatoms. The van der Waals surface area contributed by atoms with E-state index < -0.39 is 0 Å². The molecule has 4 rings (SSSR count). The van der Waals surface area contributed by atoms with E-state index in [0.29, 0.717) is 17.3 Å². The van der Waals surface area contributed by atoms with Crippen LogP contribution in [0.5, 0.6) is 5.75 Å². The molecular weight excluding hydrogens is 432 g/mol. The molecule has 1 aromatic heterocycles. The van der Waals surface area contributed by atoms with Gasteiger partial charge in [-0.15, -0.1) is 0 Å². The van der Waals surface area contributed by atoms with E-state index in [1.165, 1.54) is 0 Å². The number of aryl methyl sites for hydroxylation is 2. The lowest BCUT2D eigenvalue weighted by atomic mass is 10.2. The first kappa shape index (κ1) is 19.2. The van der Waals surface area contributed by atoms with Crippen LogP contribution < -0.4 is 10.1 Å². The van der Waals surface area contributed by atoms with Crippen molar-refractivity contribution in [1.82, 2.24) is 4.98 Å². The van der Waals surface area contributed by atoms with E-state index in [4.69, 9.17) is 9.15 Å². The molecule has 0 aliphatic carbocycles. The van der Waals surface area contributed by atoms with Crippen LogP contribution in [-0.4, -0.2) is 17.5 Å². The number of fused-ring (bicyclic) bond motifs is 1. The molecule has 3 aromatic carbocycles. The summed E-state index contributed by atoms with van der Waals surface area (Å²) in [4.78, 5) is 16.7. The molecule has 29 heavy (non-hydrogen) atoms. The number of anilines is 1.